The molecule has 0 fully saturated rings. The van der Waals surface area contributed by atoms with Crippen LogP contribution in [0.2, 0.25) is 0 Å². The summed E-state index contributed by atoms with van der Waals surface area (Å²) in [7, 11) is 0. The number of hydrazine groups is 1. The molecular weight excluding hydrogens is 228 g/mol. The Labute approximate surface area is 109 Å². The lowest BCUT2D eigenvalue weighted by atomic mass is 10.1. The molecule has 0 aliphatic carbocycles. The summed E-state index contributed by atoms with van der Waals surface area (Å²) >= 11 is 0. The van der Waals surface area contributed by atoms with Crippen LogP contribution < -0.4 is 10.9 Å². The lowest BCUT2D eigenvalue weighted by molar-refractivity contribution is 0.0497. The van der Waals surface area contributed by atoms with Crippen LogP contribution in [-0.4, -0.2) is 11.7 Å². The van der Waals surface area contributed by atoms with Crippen LogP contribution in [-0.2, 0) is 11.3 Å². The Morgan fingerprint density at radius 2 is 1.94 bits per heavy atom. The molecule has 100 valence electrons. The van der Waals surface area contributed by atoms with Crippen molar-refractivity contribution in [1.29, 1.82) is 0 Å². The van der Waals surface area contributed by atoms with Gasteiger partial charge < -0.3 is 4.74 Å². The highest BCUT2D eigenvalue weighted by Gasteiger charge is 2.15. The Bertz CT molecular complexity index is 422. The van der Waals surface area contributed by atoms with E-state index in [9.17, 15) is 4.79 Å². The van der Waals surface area contributed by atoms with Gasteiger partial charge in [0, 0.05) is 6.54 Å². The minimum atomic E-state index is -0.481. The van der Waals surface area contributed by atoms with E-state index in [-0.39, 0.29) is 0 Å². The van der Waals surface area contributed by atoms with Crippen LogP contribution >= 0.6 is 0 Å². The van der Waals surface area contributed by atoms with Crippen molar-refractivity contribution in [2.75, 3.05) is 0 Å². The third-order valence-electron chi connectivity index (χ3n) is 2.37. The van der Waals surface area contributed by atoms with Crippen molar-refractivity contribution < 1.29 is 9.53 Å². The van der Waals surface area contributed by atoms with E-state index in [4.69, 9.17) is 4.74 Å². The zero-order valence-electron chi connectivity index (χ0n) is 11.8. The second-order valence-corrected chi connectivity index (χ2v) is 5.41. The summed E-state index contributed by atoms with van der Waals surface area (Å²) in [6, 6.07) is 6.22. The van der Waals surface area contributed by atoms with Crippen LogP contribution in [0.25, 0.3) is 0 Å². The van der Waals surface area contributed by atoms with Gasteiger partial charge >= 0.3 is 6.09 Å². The van der Waals surface area contributed by atoms with Gasteiger partial charge in [0.05, 0.1) is 0 Å². The minimum absolute atomic E-state index is 0.465. The number of carbonyl (C=O) groups excluding carboxylic acids is 1. The molecule has 4 nitrogen and oxygen atoms in total. The van der Waals surface area contributed by atoms with E-state index >= 15 is 0 Å². The summed E-state index contributed by atoms with van der Waals surface area (Å²) in [6.07, 6.45) is -0.465. The lowest BCUT2D eigenvalue weighted by Gasteiger charge is -2.20. The molecule has 2 N–H and O–H groups in total. The molecule has 0 saturated heterocycles. The Kier molecular flexibility index (Phi) is 4.73. The average molecular weight is 250 g/mol. The Morgan fingerprint density at radius 3 is 2.50 bits per heavy atom. The maximum Gasteiger partial charge on any atom is 0.422 e. The second kappa shape index (κ2) is 5.87. The number of rotatable bonds is 3. The number of amides is 1. The molecule has 0 unspecified atom stereocenters. The molecule has 0 spiro atoms. The first-order chi connectivity index (χ1) is 8.28. The lowest BCUT2D eigenvalue weighted by Crippen LogP contribution is -2.40. The fourth-order valence-electron chi connectivity index (χ4n) is 1.56. The summed E-state index contributed by atoms with van der Waals surface area (Å²) < 4.78 is 5.11. The van der Waals surface area contributed by atoms with Gasteiger partial charge in [-0.1, -0.05) is 23.8 Å². The van der Waals surface area contributed by atoms with Crippen LogP contribution in [0.1, 0.15) is 37.5 Å². The Balaban J connectivity index is 2.40. The minimum Gasteiger partial charge on any atom is -0.443 e. The van der Waals surface area contributed by atoms with Crippen LogP contribution in [0.4, 0.5) is 4.79 Å². The number of ether oxygens (including phenoxy) is 1. The van der Waals surface area contributed by atoms with Crippen molar-refractivity contribution in [3.05, 3.63) is 34.9 Å². The third kappa shape index (κ3) is 5.19. The molecular formula is C14H22N2O2. The molecule has 0 atom stereocenters. The fourth-order valence-corrected chi connectivity index (χ4v) is 1.56. The highest BCUT2D eigenvalue weighted by Crippen LogP contribution is 2.10. The monoisotopic (exact) mass is 250 g/mol. The molecule has 1 aromatic carbocycles. The number of hydrogen-bond acceptors (Lipinski definition) is 3. The molecule has 1 rings (SSSR count). The van der Waals surface area contributed by atoms with Crippen LogP contribution in [0, 0.1) is 13.8 Å². The summed E-state index contributed by atoms with van der Waals surface area (Å²) in [5, 5.41) is 0. The normalized spacial score (nSPS) is 11.2. The van der Waals surface area contributed by atoms with Crippen molar-refractivity contribution in [2.24, 2.45) is 0 Å². The molecule has 0 radical (unpaired) electrons. The maximum absolute atomic E-state index is 11.4. The van der Waals surface area contributed by atoms with Crippen molar-refractivity contribution >= 4 is 6.09 Å². The Morgan fingerprint density at radius 1 is 1.28 bits per heavy atom. The van der Waals surface area contributed by atoms with Gasteiger partial charge in [-0.3, -0.25) is 5.43 Å². The highest BCUT2D eigenvalue weighted by atomic mass is 16.6. The fraction of sp³-hybridized carbons (Fsp3) is 0.500. The van der Waals surface area contributed by atoms with Gasteiger partial charge in [-0.15, -0.1) is 0 Å². The number of hydrogen-bond donors (Lipinski definition) is 2. The predicted octanol–water partition coefficient (Wildman–Crippen LogP) is 2.83. The molecule has 0 bridgehead atoms. The van der Waals surface area contributed by atoms with Gasteiger partial charge in [0.2, 0.25) is 0 Å². The van der Waals surface area contributed by atoms with E-state index in [2.05, 4.69) is 42.9 Å². The standard InChI is InChI=1S/C14H22N2O2/c1-10-6-7-12(11(2)8-10)9-15-16-13(17)18-14(3,4)5/h6-8,15H,9H2,1-5H3,(H,16,17). The zero-order valence-corrected chi connectivity index (χ0v) is 11.8. The van der Waals surface area contributed by atoms with E-state index in [1.54, 1.807) is 0 Å². The van der Waals surface area contributed by atoms with Gasteiger partial charge in [-0.25, -0.2) is 10.2 Å². The van der Waals surface area contributed by atoms with Crippen molar-refractivity contribution in [2.45, 2.75) is 46.8 Å². The molecule has 1 aromatic rings. The molecule has 0 saturated carbocycles. The van der Waals surface area contributed by atoms with Crippen LogP contribution in [0.5, 0.6) is 0 Å². The van der Waals surface area contributed by atoms with Crippen LogP contribution in [0.15, 0.2) is 18.2 Å². The van der Waals surface area contributed by atoms with Crippen molar-refractivity contribution in [1.82, 2.24) is 10.9 Å². The van der Waals surface area contributed by atoms with E-state index in [1.807, 2.05) is 20.8 Å². The topological polar surface area (TPSA) is 50.4 Å². The molecule has 1 amide bonds. The molecule has 0 aliphatic heterocycles. The second-order valence-electron chi connectivity index (χ2n) is 5.41. The maximum atomic E-state index is 11.4. The number of benzene rings is 1. The number of aryl methyl sites for hydroxylation is 2. The first-order valence-corrected chi connectivity index (χ1v) is 6.06. The summed E-state index contributed by atoms with van der Waals surface area (Å²) in [5.74, 6) is 0. The van der Waals surface area contributed by atoms with Gasteiger partial charge in [-0.2, -0.15) is 0 Å². The van der Waals surface area contributed by atoms with Crippen LogP contribution in [0.3, 0.4) is 0 Å². The highest BCUT2D eigenvalue weighted by molar-refractivity contribution is 5.66. The molecule has 18 heavy (non-hydrogen) atoms. The summed E-state index contributed by atoms with van der Waals surface area (Å²) in [6.45, 7) is 10.2. The first kappa shape index (κ1) is 14.5. The van der Waals surface area contributed by atoms with Crippen molar-refractivity contribution in [3.8, 4) is 0 Å². The van der Waals surface area contributed by atoms with E-state index < -0.39 is 11.7 Å². The van der Waals surface area contributed by atoms with Gasteiger partial charge in [-0.05, 0) is 45.7 Å². The average Bonchev–Trinajstić information content (AvgIpc) is 2.18. The quantitative estimate of drug-likeness (QED) is 0.811. The van der Waals surface area contributed by atoms with E-state index in [0.717, 1.165) is 5.56 Å². The number of nitrogens with one attached hydrogen (secondary N) is 2. The predicted molar refractivity (Wildman–Crippen MR) is 72.1 cm³/mol. The van der Waals surface area contributed by atoms with Gasteiger partial charge in [0.1, 0.15) is 5.60 Å². The molecule has 0 heterocycles. The summed E-state index contributed by atoms with van der Waals surface area (Å²) in [4.78, 5) is 11.4. The van der Waals surface area contributed by atoms with E-state index in [1.165, 1.54) is 11.1 Å². The largest absolute Gasteiger partial charge is 0.443 e. The number of carbonyl (C=O) groups is 1. The SMILES string of the molecule is Cc1ccc(CNNC(=O)OC(C)(C)C)c(C)c1. The summed E-state index contributed by atoms with van der Waals surface area (Å²) in [5.41, 5.74) is 8.48. The van der Waals surface area contributed by atoms with Gasteiger partial charge in [0.15, 0.2) is 0 Å². The first-order valence-electron chi connectivity index (χ1n) is 6.06. The molecule has 4 heteroatoms. The Hall–Kier alpha value is -1.55. The van der Waals surface area contributed by atoms with Crippen molar-refractivity contribution in [3.63, 3.8) is 0 Å². The molecule has 0 aliphatic rings. The third-order valence-corrected chi connectivity index (χ3v) is 2.37. The zero-order chi connectivity index (χ0) is 13.8. The smallest absolute Gasteiger partial charge is 0.422 e. The van der Waals surface area contributed by atoms with E-state index in [0.29, 0.717) is 6.54 Å². The molecule has 0 aromatic heterocycles. The van der Waals surface area contributed by atoms with Gasteiger partial charge in [0.25, 0.3) is 0 Å².